The number of benzene rings is 1. The molecule has 1 saturated carbocycles. The molecule has 1 atom stereocenters. The molecule has 1 unspecified atom stereocenters. The van der Waals surface area contributed by atoms with Crippen molar-refractivity contribution in [2.75, 3.05) is 0 Å². The maximum atomic E-state index is 12.2. The number of hydrogen-bond acceptors (Lipinski definition) is 2. The van der Waals surface area contributed by atoms with E-state index in [0.717, 1.165) is 4.90 Å². The molecule has 1 amide bonds. The van der Waals surface area contributed by atoms with Crippen LogP contribution < -0.4 is 5.32 Å². The zero-order valence-corrected chi connectivity index (χ0v) is 12.8. The van der Waals surface area contributed by atoms with Gasteiger partial charge in [-0.15, -0.1) is 12.6 Å². The molecule has 0 aliphatic heterocycles. The number of thiol groups is 1. The Labute approximate surface area is 125 Å². The summed E-state index contributed by atoms with van der Waals surface area (Å²) in [4.78, 5) is 13.0. The van der Waals surface area contributed by atoms with Crippen LogP contribution in [0.5, 0.6) is 0 Å². The summed E-state index contributed by atoms with van der Waals surface area (Å²) in [6.45, 7) is 2.09. The van der Waals surface area contributed by atoms with Crippen LogP contribution in [-0.2, 0) is 0 Å². The van der Waals surface area contributed by atoms with Crippen LogP contribution in [0.15, 0.2) is 23.1 Å². The second-order valence-corrected chi connectivity index (χ2v) is 6.25. The van der Waals surface area contributed by atoms with Crippen molar-refractivity contribution < 1.29 is 4.79 Å². The number of hydrogen-bond donors (Lipinski definition) is 2. The van der Waals surface area contributed by atoms with E-state index in [0.29, 0.717) is 16.5 Å². The first kappa shape index (κ1) is 14.7. The monoisotopic (exact) mass is 297 g/mol. The number of amides is 1. The molecule has 1 N–H and O–H groups in total. The highest BCUT2D eigenvalue weighted by atomic mass is 35.5. The predicted molar refractivity (Wildman–Crippen MR) is 82.2 cm³/mol. The molecule has 0 bridgehead atoms. The van der Waals surface area contributed by atoms with Gasteiger partial charge in [0.05, 0.1) is 10.6 Å². The Hall–Kier alpha value is -0.670. The minimum atomic E-state index is -0.0982. The van der Waals surface area contributed by atoms with E-state index in [9.17, 15) is 4.79 Å². The molecule has 2 nitrogen and oxygen atoms in total. The predicted octanol–water partition coefficient (Wildman–Crippen LogP) is 4.33. The van der Waals surface area contributed by atoms with Crippen LogP contribution in [0.3, 0.4) is 0 Å². The normalized spacial score (nSPS) is 18.1. The van der Waals surface area contributed by atoms with Gasteiger partial charge in [-0.3, -0.25) is 4.79 Å². The summed E-state index contributed by atoms with van der Waals surface area (Å²) in [5, 5.41) is 3.55. The first-order valence-corrected chi connectivity index (χ1v) is 7.70. The minimum Gasteiger partial charge on any atom is -0.349 e. The molecule has 0 spiro atoms. The van der Waals surface area contributed by atoms with Gasteiger partial charge in [0.25, 0.3) is 5.91 Å². The maximum absolute atomic E-state index is 12.2. The van der Waals surface area contributed by atoms with Gasteiger partial charge in [-0.2, -0.15) is 0 Å². The number of carbonyl (C=O) groups excluding carboxylic acids is 1. The van der Waals surface area contributed by atoms with Crippen molar-refractivity contribution in [3.8, 4) is 0 Å². The highest BCUT2D eigenvalue weighted by Crippen LogP contribution is 2.27. The Balaban J connectivity index is 2.01. The van der Waals surface area contributed by atoms with Crippen molar-refractivity contribution >= 4 is 30.1 Å². The van der Waals surface area contributed by atoms with E-state index in [2.05, 4.69) is 24.9 Å². The summed E-state index contributed by atoms with van der Waals surface area (Å²) >= 11 is 10.3. The van der Waals surface area contributed by atoms with E-state index >= 15 is 0 Å². The van der Waals surface area contributed by atoms with Crippen LogP contribution in [0.25, 0.3) is 0 Å². The molecule has 1 fully saturated rings. The first-order chi connectivity index (χ1) is 9.08. The fourth-order valence-corrected chi connectivity index (χ4v) is 3.13. The van der Waals surface area contributed by atoms with Crippen LogP contribution in [0.1, 0.15) is 49.4 Å². The molecule has 1 aliphatic carbocycles. The Bertz CT molecular complexity index is 457. The van der Waals surface area contributed by atoms with Gasteiger partial charge in [-0.1, -0.05) is 30.9 Å². The molecule has 2 rings (SSSR count). The third kappa shape index (κ3) is 3.90. The molecule has 19 heavy (non-hydrogen) atoms. The second kappa shape index (κ2) is 6.67. The zero-order valence-electron chi connectivity index (χ0n) is 11.2. The highest BCUT2D eigenvalue weighted by Gasteiger charge is 2.22. The number of carbonyl (C=O) groups is 1. The largest absolute Gasteiger partial charge is 0.349 e. The Morgan fingerprint density at radius 2 is 2.05 bits per heavy atom. The van der Waals surface area contributed by atoms with Crippen molar-refractivity contribution in [1.29, 1.82) is 0 Å². The SMILES string of the molecule is CC(NC(=O)c1cc(S)ccc1Cl)C1CCCCC1. The summed E-state index contributed by atoms with van der Waals surface area (Å²) < 4.78 is 0. The smallest absolute Gasteiger partial charge is 0.253 e. The average molecular weight is 298 g/mol. The van der Waals surface area contributed by atoms with Crippen molar-refractivity contribution in [2.24, 2.45) is 5.92 Å². The lowest BCUT2D eigenvalue weighted by molar-refractivity contribution is 0.0919. The Morgan fingerprint density at radius 3 is 2.74 bits per heavy atom. The lowest BCUT2D eigenvalue weighted by Crippen LogP contribution is -2.39. The maximum Gasteiger partial charge on any atom is 0.253 e. The van der Waals surface area contributed by atoms with Gasteiger partial charge in [0.1, 0.15) is 0 Å². The minimum absolute atomic E-state index is 0.0982. The average Bonchev–Trinajstić information content (AvgIpc) is 2.42. The number of nitrogens with one attached hydrogen (secondary N) is 1. The third-order valence-corrected chi connectivity index (χ3v) is 4.52. The molecule has 4 heteroatoms. The van der Waals surface area contributed by atoms with E-state index in [1.165, 1.54) is 32.1 Å². The lowest BCUT2D eigenvalue weighted by Gasteiger charge is -2.28. The lowest BCUT2D eigenvalue weighted by atomic mass is 9.84. The zero-order chi connectivity index (χ0) is 13.8. The first-order valence-electron chi connectivity index (χ1n) is 6.87. The van der Waals surface area contributed by atoms with Gasteiger partial charge in [0.15, 0.2) is 0 Å². The van der Waals surface area contributed by atoms with Gasteiger partial charge >= 0.3 is 0 Å². The molecule has 104 valence electrons. The van der Waals surface area contributed by atoms with Crippen LogP contribution in [0.2, 0.25) is 5.02 Å². The van der Waals surface area contributed by atoms with Gasteiger partial charge in [-0.25, -0.2) is 0 Å². The van der Waals surface area contributed by atoms with E-state index in [1.807, 2.05) is 0 Å². The summed E-state index contributed by atoms with van der Waals surface area (Å²) in [6, 6.07) is 5.41. The second-order valence-electron chi connectivity index (χ2n) is 5.32. The van der Waals surface area contributed by atoms with Gasteiger partial charge in [0.2, 0.25) is 0 Å². The van der Waals surface area contributed by atoms with E-state index in [-0.39, 0.29) is 11.9 Å². The van der Waals surface area contributed by atoms with Crippen LogP contribution in [-0.4, -0.2) is 11.9 Å². The van der Waals surface area contributed by atoms with Gasteiger partial charge in [0, 0.05) is 10.9 Å². The van der Waals surface area contributed by atoms with E-state index in [4.69, 9.17) is 11.6 Å². The van der Waals surface area contributed by atoms with Crippen LogP contribution >= 0.6 is 24.2 Å². The van der Waals surface area contributed by atoms with Gasteiger partial charge in [-0.05, 0) is 43.9 Å². The fourth-order valence-electron chi connectivity index (χ4n) is 2.72. The topological polar surface area (TPSA) is 29.1 Å². The fraction of sp³-hybridized carbons (Fsp3) is 0.533. The molecule has 1 aromatic carbocycles. The van der Waals surface area contributed by atoms with Crippen molar-refractivity contribution in [3.05, 3.63) is 28.8 Å². The number of rotatable bonds is 3. The van der Waals surface area contributed by atoms with Crippen molar-refractivity contribution in [2.45, 2.75) is 50.0 Å². The summed E-state index contributed by atoms with van der Waals surface area (Å²) in [7, 11) is 0. The number of halogens is 1. The van der Waals surface area contributed by atoms with Crippen molar-refractivity contribution in [3.63, 3.8) is 0 Å². The molecule has 0 saturated heterocycles. The van der Waals surface area contributed by atoms with E-state index < -0.39 is 0 Å². The summed E-state index contributed by atoms with van der Waals surface area (Å²) in [6.07, 6.45) is 6.30. The van der Waals surface area contributed by atoms with E-state index in [1.54, 1.807) is 18.2 Å². The standard InChI is InChI=1S/C15H20ClNOS/c1-10(11-5-3-2-4-6-11)17-15(18)13-9-12(19)7-8-14(13)16/h7-11,19H,2-6H2,1H3,(H,17,18). The Morgan fingerprint density at radius 1 is 1.37 bits per heavy atom. The summed E-state index contributed by atoms with van der Waals surface area (Å²) in [5.41, 5.74) is 0.511. The molecular weight excluding hydrogens is 278 g/mol. The molecule has 0 radical (unpaired) electrons. The van der Waals surface area contributed by atoms with Crippen LogP contribution in [0.4, 0.5) is 0 Å². The molecular formula is C15H20ClNOS. The van der Waals surface area contributed by atoms with Gasteiger partial charge < -0.3 is 5.32 Å². The molecule has 1 aromatic rings. The quantitative estimate of drug-likeness (QED) is 0.799. The van der Waals surface area contributed by atoms with Crippen LogP contribution in [0, 0.1) is 5.92 Å². The molecule has 0 aromatic heterocycles. The van der Waals surface area contributed by atoms with Crippen molar-refractivity contribution in [1.82, 2.24) is 5.32 Å². The highest BCUT2D eigenvalue weighted by molar-refractivity contribution is 7.80. The molecule has 0 heterocycles. The summed E-state index contributed by atoms with van der Waals surface area (Å²) in [5.74, 6) is 0.495. The molecule has 1 aliphatic rings. The third-order valence-electron chi connectivity index (χ3n) is 3.91. The Kier molecular flexibility index (Phi) is 5.17.